The summed E-state index contributed by atoms with van der Waals surface area (Å²) in [6, 6.07) is 4.07. The molecular weight excluding hydrogens is 572 g/mol. The third-order valence-corrected chi connectivity index (χ3v) is 11.9. The molecule has 2 fully saturated rings. The zero-order valence-corrected chi connectivity index (χ0v) is 27.0. The molecule has 45 heavy (non-hydrogen) atoms. The smallest absolute Gasteiger partial charge is 0.202 e. The third kappa shape index (κ3) is 4.38. The first-order valence-corrected chi connectivity index (χ1v) is 15.8. The number of allylic oxidation sites excluding steroid dienone is 5. The zero-order valence-electron chi connectivity index (χ0n) is 27.0. The summed E-state index contributed by atoms with van der Waals surface area (Å²) in [7, 11) is 2.79. The van der Waals surface area contributed by atoms with Crippen molar-refractivity contribution in [2.45, 2.75) is 71.6 Å². The number of carbonyl (C=O) groups excluding carboxylic acids is 3. The van der Waals surface area contributed by atoms with E-state index in [0.717, 1.165) is 24.8 Å². The number of ketones is 3. The van der Waals surface area contributed by atoms with Crippen molar-refractivity contribution in [1.29, 1.82) is 0 Å². The molecule has 0 radical (unpaired) electrons. The molecule has 6 atom stereocenters. The number of hydrogen-bond donors (Lipinski definition) is 1. The lowest BCUT2D eigenvalue weighted by Crippen LogP contribution is -2.58. The number of hydrogen-bond acceptors (Lipinski definition) is 8. The number of methoxy groups -OCH3 is 2. The normalized spacial score (nSPS) is 32.8. The van der Waals surface area contributed by atoms with Crippen LogP contribution in [0.15, 0.2) is 63.0 Å². The number of aromatic hydroxyl groups is 1. The van der Waals surface area contributed by atoms with E-state index in [9.17, 15) is 24.3 Å². The van der Waals surface area contributed by atoms with Gasteiger partial charge in [-0.3, -0.25) is 19.2 Å². The Bertz CT molecular complexity index is 1770. The van der Waals surface area contributed by atoms with Crippen LogP contribution < -0.4 is 10.2 Å². The summed E-state index contributed by atoms with van der Waals surface area (Å²) in [6.07, 6.45) is 7.28. The van der Waals surface area contributed by atoms with Gasteiger partial charge in [0.1, 0.15) is 33.6 Å². The molecule has 8 heteroatoms. The molecule has 6 rings (SSSR count). The minimum Gasteiger partial charge on any atom is -0.507 e. The number of carbonyl (C=O) groups is 3. The molecule has 1 aromatic carbocycles. The largest absolute Gasteiger partial charge is 0.507 e. The molecule has 2 aromatic rings. The Labute approximate surface area is 263 Å². The van der Waals surface area contributed by atoms with Crippen LogP contribution in [0, 0.1) is 34.5 Å². The summed E-state index contributed by atoms with van der Waals surface area (Å²) >= 11 is 0. The highest BCUT2D eigenvalue weighted by Gasteiger charge is 2.63. The molecule has 2 saturated carbocycles. The van der Waals surface area contributed by atoms with E-state index in [4.69, 9.17) is 13.9 Å². The minimum absolute atomic E-state index is 0.0342. The van der Waals surface area contributed by atoms with Crippen LogP contribution >= 0.6 is 0 Å². The van der Waals surface area contributed by atoms with Crippen molar-refractivity contribution in [1.82, 2.24) is 0 Å². The third-order valence-electron chi connectivity index (χ3n) is 11.9. The van der Waals surface area contributed by atoms with Gasteiger partial charge in [0.05, 0.1) is 14.2 Å². The molecule has 8 nitrogen and oxygen atoms in total. The van der Waals surface area contributed by atoms with Gasteiger partial charge in [-0.25, -0.2) is 0 Å². The van der Waals surface area contributed by atoms with Gasteiger partial charge in [0.25, 0.3) is 0 Å². The molecule has 1 aromatic heterocycles. The van der Waals surface area contributed by atoms with E-state index in [1.807, 2.05) is 13.0 Å². The molecule has 0 aliphatic heterocycles. The van der Waals surface area contributed by atoms with Gasteiger partial charge in [-0.15, -0.1) is 0 Å². The van der Waals surface area contributed by atoms with E-state index in [-0.39, 0.29) is 74.6 Å². The predicted octanol–water partition coefficient (Wildman–Crippen LogP) is 6.38. The van der Waals surface area contributed by atoms with Crippen molar-refractivity contribution < 1.29 is 33.4 Å². The molecule has 0 spiro atoms. The van der Waals surface area contributed by atoms with Gasteiger partial charge >= 0.3 is 0 Å². The molecule has 4 aliphatic carbocycles. The van der Waals surface area contributed by atoms with Crippen LogP contribution in [0.2, 0.25) is 0 Å². The monoisotopic (exact) mass is 614 g/mol. The Morgan fingerprint density at radius 2 is 1.76 bits per heavy atom. The standard InChI is InChI=1S/C37H42O8/c1-19-9-10-22-34(42)29(44-7)18-31(41)37(22,32-17-27(40)33-26(39)13-21(43-6)14-28(33)45-32)23(19)15-24-20(2)25(38)16-30-35(3,4)11-8-12-36(24,30)5/h9,13-14,17-18,22-24,30,39H,2,8,10-12,15-16H2,1,3-7H3/t22-,23+,24+,30-,36+,37-/m0/s1. The lowest BCUT2D eigenvalue weighted by atomic mass is 9.44. The number of phenolic OH excluding ortho intramolecular Hbond substituents is 1. The maximum Gasteiger partial charge on any atom is 0.202 e. The van der Waals surface area contributed by atoms with Crippen LogP contribution in [0.5, 0.6) is 11.5 Å². The van der Waals surface area contributed by atoms with Crippen LogP contribution in [-0.2, 0) is 24.5 Å². The number of ether oxygens (including phenoxy) is 2. The maximum absolute atomic E-state index is 14.7. The van der Waals surface area contributed by atoms with Crippen LogP contribution in [-0.4, -0.2) is 36.7 Å². The van der Waals surface area contributed by atoms with E-state index in [1.165, 1.54) is 38.5 Å². The fourth-order valence-corrected chi connectivity index (χ4v) is 9.58. The molecule has 0 amide bonds. The zero-order chi connectivity index (χ0) is 32.6. The second-order valence-corrected chi connectivity index (χ2v) is 14.4. The summed E-state index contributed by atoms with van der Waals surface area (Å²) in [5.41, 5.74) is -0.911. The van der Waals surface area contributed by atoms with Gasteiger partial charge in [0.2, 0.25) is 5.78 Å². The molecule has 0 saturated heterocycles. The summed E-state index contributed by atoms with van der Waals surface area (Å²) in [5, 5.41) is 10.6. The van der Waals surface area contributed by atoms with Crippen LogP contribution in [0.25, 0.3) is 11.0 Å². The number of phenols is 1. The van der Waals surface area contributed by atoms with Crippen molar-refractivity contribution in [2.24, 2.45) is 34.5 Å². The molecule has 0 bridgehead atoms. The van der Waals surface area contributed by atoms with Crippen molar-refractivity contribution in [3.63, 3.8) is 0 Å². The first-order chi connectivity index (χ1) is 21.2. The molecule has 0 unspecified atom stereocenters. The Balaban J connectivity index is 1.60. The van der Waals surface area contributed by atoms with Gasteiger partial charge in [-0.05, 0) is 60.8 Å². The Hall–Kier alpha value is -3.94. The lowest BCUT2D eigenvalue weighted by molar-refractivity contribution is -0.139. The quantitative estimate of drug-likeness (QED) is 0.305. The second kappa shape index (κ2) is 10.6. The number of benzene rings is 1. The van der Waals surface area contributed by atoms with E-state index < -0.39 is 28.5 Å². The summed E-state index contributed by atoms with van der Waals surface area (Å²) < 4.78 is 17.1. The Kier molecular flexibility index (Phi) is 7.29. The first-order valence-electron chi connectivity index (χ1n) is 15.8. The second-order valence-electron chi connectivity index (χ2n) is 14.4. The van der Waals surface area contributed by atoms with Crippen molar-refractivity contribution >= 4 is 28.3 Å². The highest BCUT2D eigenvalue weighted by Crippen LogP contribution is 2.63. The van der Waals surface area contributed by atoms with Crippen molar-refractivity contribution in [3.8, 4) is 11.5 Å². The molecular formula is C37H42O8. The highest BCUT2D eigenvalue weighted by molar-refractivity contribution is 6.14. The molecule has 1 heterocycles. The van der Waals surface area contributed by atoms with E-state index in [0.29, 0.717) is 18.4 Å². The van der Waals surface area contributed by atoms with E-state index in [2.05, 4.69) is 27.4 Å². The Morgan fingerprint density at radius 1 is 1.02 bits per heavy atom. The number of Topliss-reactive ketones (excluding diaryl/α,β-unsaturated/α-hetero) is 2. The van der Waals surface area contributed by atoms with Crippen molar-refractivity contribution in [3.05, 3.63) is 69.8 Å². The fourth-order valence-electron chi connectivity index (χ4n) is 9.58. The first kappa shape index (κ1) is 31.1. The molecule has 1 N–H and O–H groups in total. The van der Waals surface area contributed by atoms with E-state index in [1.54, 1.807) is 0 Å². The number of rotatable bonds is 5. The summed E-state index contributed by atoms with van der Waals surface area (Å²) in [5.74, 6) is -2.31. The van der Waals surface area contributed by atoms with Gasteiger partial charge in [-0.1, -0.05) is 45.4 Å². The Morgan fingerprint density at radius 3 is 2.44 bits per heavy atom. The topological polar surface area (TPSA) is 120 Å². The highest BCUT2D eigenvalue weighted by atomic mass is 16.5. The van der Waals surface area contributed by atoms with Crippen LogP contribution in [0.3, 0.4) is 0 Å². The minimum atomic E-state index is -1.58. The fraction of sp³-hybridized carbons (Fsp3) is 0.514. The van der Waals surface area contributed by atoms with Gasteiger partial charge in [0, 0.05) is 42.5 Å². The van der Waals surface area contributed by atoms with Crippen LogP contribution in [0.4, 0.5) is 0 Å². The predicted molar refractivity (Wildman–Crippen MR) is 169 cm³/mol. The van der Waals surface area contributed by atoms with Gasteiger partial charge in [0.15, 0.2) is 22.8 Å². The molecule has 4 aliphatic rings. The molecule has 238 valence electrons. The average molecular weight is 615 g/mol. The van der Waals surface area contributed by atoms with Gasteiger partial charge in [-0.2, -0.15) is 0 Å². The SMILES string of the molecule is C=C1C(=O)C[C@H]2C(C)(C)CCC[C@]2(C)[C@@H]1C[C@@H]1C(C)=CC[C@H]2C(=O)C(OC)=CC(=O)[C@@]12c1cc(=O)c2c(O)cc(OC)cc2o1. The van der Waals surface area contributed by atoms with Gasteiger partial charge < -0.3 is 19.0 Å². The number of fused-ring (bicyclic) bond motifs is 3. The average Bonchev–Trinajstić information content (AvgIpc) is 2.98. The summed E-state index contributed by atoms with van der Waals surface area (Å²) in [4.78, 5) is 55.9. The van der Waals surface area contributed by atoms with E-state index >= 15 is 0 Å². The lowest BCUT2D eigenvalue weighted by Gasteiger charge is -2.59. The maximum atomic E-state index is 14.7. The summed E-state index contributed by atoms with van der Waals surface area (Å²) in [6.45, 7) is 13.0. The van der Waals surface area contributed by atoms with Crippen molar-refractivity contribution in [2.75, 3.05) is 14.2 Å². The van der Waals surface area contributed by atoms with Crippen LogP contribution in [0.1, 0.15) is 72.0 Å².